The average Bonchev–Trinajstić information content (AvgIpc) is 3.40. The minimum absolute atomic E-state index is 0.0362. The molecule has 0 spiro atoms. The third kappa shape index (κ3) is 8.64. The molecule has 0 saturated carbocycles. The van der Waals surface area contributed by atoms with Gasteiger partial charge in [-0.1, -0.05) is 101 Å². The standard InChI is InChI=1S/C32H41N3OS/c1-5-7-14-29(24(4)33)35-32(36)30(11-6-2)34-23(3)15-16-25-17-19-27(20-18-25)31-21-28(22-37-31)26-12-9-8-10-13-26/h8-10,12-13,17-22,29-30,34H,3-7,11,14-16,33H2,1-2H3,(H,35,36)/t29-,30-/m0/s1. The van der Waals surface area contributed by atoms with Gasteiger partial charge < -0.3 is 16.4 Å². The Morgan fingerprint density at radius 3 is 2.27 bits per heavy atom. The van der Waals surface area contributed by atoms with Crippen molar-refractivity contribution in [2.24, 2.45) is 5.73 Å². The normalized spacial score (nSPS) is 12.5. The van der Waals surface area contributed by atoms with E-state index in [1.165, 1.54) is 27.1 Å². The van der Waals surface area contributed by atoms with Crippen molar-refractivity contribution in [1.29, 1.82) is 0 Å². The van der Waals surface area contributed by atoms with Gasteiger partial charge in [-0.3, -0.25) is 4.79 Å². The molecule has 3 rings (SSSR count). The molecule has 0 bridgehead atoms. The number of nitrogens with one attached hydrogen (secondary N) is 2. The van der Waals surface area contributed by atoms with Crippen LogP contribution in [0.4, 0.5) is 0 Å². The van der Waals surface area contributed by atoms with Crippen molar-refractivity contribution in [2.75, 3.05) is 0 Å². The molecule has 3 aromatic rings. The molecule has 0 radical (unpaired) electrons. The van der Waals surface area contributed by atoms with Gasteiger partial charge >= 0.3 is 0 Å². The van der Waals surface area contributed by atoms with E-state index in [-0.39, 0.29) is 18.0 Å². The molecule has 1 aromatic heterocycles. The maximum Gasteiger partial charge on any atom is 0.243 e. The van der Waals surface area contributed by atoms with Crippen LogP contribution in [-0.2, 0) is 11.2 Å². The van der Waals surface area contributed by atoms with Crippen molar-refractivity contribution in [3.63, 3.8) is 0 Å². The number of thiophene rings is 1. The van der Waals surface area contributed by atoms with E-state index >= 15 is 0 Å². The number of allylic oxidation sites excluding steroid dienone is 1. The predicted octanol–water partition coefficient (Wildman–Crippen LogP) is 7.43. The van der Waals surface area contributed by atoms with Crippen molar-refractivity contribution in [3.05, 3.63) is 96.2 Å². The van der Waals surface area contributed by atoms with Gasteiger partial charge in [-0.15, -0.1) is 11.3 Å². The number of aryl methyl sites for hydroxylation is 1. The molecule has 2 atom stereocenters. The lowest BCUT2D eigenvalue weighted by molar-refractivity contribution is -0.123. The van der Waals surface area contributed by atoms with Crippen LogP contribution in [0.25, 0.3) is 21.6 Å². The Kier molecular flexibility index (Phi) is 11.0. The van der Waals surface area contributed by atoms with Gasteiger partial charge in [0.2, 0.25) is 5.91 Å². The van der Waals surface area contributed by atoms with Crippen molar-refractivity contribution in [1.82, 2.24) is 10.6 Å². The Balaban J connectivity index is 1.53. The van der Waals surface area contributed by atoms with Crippen molar-refractivity contribution >= 4 is 17.2 Å². The number of hydrogen-bond donors (Lipinski definition) is 3. The SMILES string of the molecule is C=C(CCc1ccc(-c2cc(-c3ccccc3)cs2)cc1)N[C@@H](CCC)C(=O)N[C@@H](CCCC)C(=C)N. The molecule has 0 unspecified atom stereocenters. The molecule has 0 saturated heterocycles. The summed E-state index contributed by atoms with van der Waals surface area (Å²) in [6.45, 7) is 12.3. The van der Waals surface area contributed by atoms with Crippen LogP contribution in [0.3, 0.4) is 0 Å². The number of unbranched alkanes of at least 4 members (excludes halogenated alkanes) is 1. The number of carbonyl (C=O) groups excluding carboxylic acids is 1. The number of rotatable bonds is 15. The molecule has 1 heterocycles. The van der Waals surface area contributed by atoms with E-state index < -0.39 is 0 Å². The smallest absolute Gasteiger partial charge is 0.243 e. The Bertz CT molecular complexity index is 1150. The van der Waals surface area contributed by atoms with Gasteiger partial charge in [0.05, 0.1) is 6.04 Å². The Morgan fingerprint density at radius 1 is 0.892 bits per heavy atom. The van der Waals surface area contributed by atoms with Gasteiger partial charge in [0.15, 0.2) is 0 Å². The van der Waals surface area contributed by atoms with Crippen LogP contribution in [0.15, 0.2) is 90.6 Å². The molecular formula is C32H41N3OS. The molecule has 196 valence electrons. The van der Waals surface area contributed by atoms with E-state index in [4.69, 9.17) is 5.73 Å². The van der Waals surface area contributed by atoms with Gasteiger partial charge in [0.1, 0.15) is 6.04 Å². The van der Waals surface area contributed by atoms with Gasteiger partial charge in [0.25, 0.3) is 0 Å². The first-order valence-corrected chi connectivity index (χ1v) is 14.2. The fourth-order valence-electron chi connectivity index (χ4n) is 4.31. The van der Waals surface area contributed by atoms with Gasteiger partial charge in [-0.2, -0.15) is 0 Å². The molecule has 4 N–H and O–H groups in total. The fraction of sp³-hybridized carbons (Fsp3) is 0.344. The second kappa shape index (κ2) is 14.4. The second-order valence-electron chi connectivity index (χ2n) is 9.63. The largest absolute Gasteiger partial charge is 0.401 e. The summed E-state index contributed by atoms with van der Waals surface area (Å²) in [7, 11) is 0. The van der Waals surface area contributed by atoms with Crippen LogP contribution in [0.2, 0.25) is 0 Å². The van der Waals surface area contributed by atoms with E-state index in [1.807, 2.05) is 6.07 Å². The van der Waals surface area contributed by atoms with Crippen LogP contribution in [-0.4, -0.2) is 18.0 Å². The zero-order chi connectivity index (χ0) is 26.6. The van der Waals surface area contributed by atoms with Crippen LogP contribution in [0.1, 0.15) is 57.9 Å². The Morgan fingerprint density at radius 2 is 1.62 bits per heavy atom. The first-order chi connectivity index (χ1) is 17.9. The van der Waals surface area contributed by atoms with Gasteiger partial charge in [-0.25, -0.2) is 0 Å². The first kappa shape index (κ1) is 28.3. The molecule has 0 fully saturated rings. The average molecular weight is 516 g/mol. The number of amides is 1. The minimum Gasteiger partial charge on any atom is -0.401 e. The Hall–Kier alpha value is -3.31. The summed E-state index contributed by atoms with van der Waals surface area (Å²) in [6.07, 6.45) is 6.14. The highest BCUT2D eigenvalue weighted by Gasteiger charge is 2.21. The lowest BCUT2D eigenvalue weighted by Gasteiger charge is -2.24. The predicted molar refractivity (Wildman–Crippen MR) is 159 cm³/mol. The van der Waals surface area contributed by atoms with Crippen LogP contribution >= 0.6 is 11.3 Å². The lowest BCUT2D eigenvalue weighted by atomic mass is 10.0. The highest BCUT2D eigenvalue weighted by atomic mass is 32.1. The van der Waals surface area contributed by atoms with Crippen LogP contribution < -0.4 is 16.4 Å². The van der Waals surface area contributed by atoms with Crippen molar-refractivity contribution in [2.45, 2.75) is 70.9 Å². The van der Waals surface area contributed by atoms with Gasteiger partial charge in [0, 0.05) is 16.3 Å². The number of benzene rings is 2. The lowest BCUT2D eigenvalue weighted by Crippen LogP contribution is -2.48. The number of nitrogens with two attached hydrogens (primary N) is 1. The summed E-state index contributed by atoms with van der Waals surface area (Å²) >= 11 is 1.77. The molecule has 5 heteroatoms. The Labute approximate surface area is 226 Å². The third-order valence-electron chi connectivity index (χ3n) is 6.54. The van der Waals surface area contributed by atoms with Crippen LogP contribution in [0, 0.1) is 0 Å². The molecular weight excluding hydrogens is 474 g/mol. The summed E-state index contributed by atoms with van der Waals surface area (Å²) in [5.74, 6) is -0.0362. The maximum atomic E-state index is 13.0. The van der Waals surface area contributed by atoms with Crippen molar-refractivity contribution in [3.8, 4) is 21.6 Å². The van der Waals surface area contributed by atoms with Crippen molar-refractivity contribution < 1.29 is 4.79 Å². The highest BCUT2D eigenvalue weighted by molar-refractivity contribution is 7.14. The van der Waals surface area contributed by atoms with Crippen LogP contribution in [0.5, 0.6) is 0 Å². The monoisotopic (exact) mass is 515 g/mol. The van der Waals surface area contributed by atoms with E-state index in [2.05, 4.69) is 97.6 Å². The van der Waals surface area contributed by atoms with E-state index in [0.717, 1.165) is 50.6 Å². The zero-order valence-electron chi connectivity index (χ0n) is 22.3. The first-order valence-electron chi connectivity index (χ1n) is 13.3. The third-order valence-corrected chi connectivity index (χ3v) is 7.52. The summed E-state index contributed by atoms with van der Waals surface area (Å²) < 4.78 is 0. The molecule has 2 aromatic carbocycles. The zero-order valence-corrected chi connectivity index (χ0v) is 23.1. The highest BCUT2D eigenvalue weighted by Crippen LogP contribution is 2.32. The summed E-state index contributed by atoms with van der Waals surface area (Å²) in [5.41, 5.74) is 12.3. The summed E-state index contributed by atoms with van der Waals surface area (Å²) in [4.78, 5) is 14.2. The molecule has 37 heavy (non-hydrogen) atoms. The topological polar surface area (TPSA) is 67.2 Å². The second-order valence-corrected chi connectivity index (χ2v) is 10.5. The molecule has 0 aliphatic carbocycles. The quantitative estimate of drug-likeness (QED) is 0.197. The minimum atomic E-state index is -0.319. The van der Waals surface area contributed by atoms with E-state index in [9.17, 15) is 4.79 Å². The number of hydrogen-bond acceptors (Lipinski definition) is 4. The molecule has 0 aliphatic heterocycles. The van der Waals surface area contributed by atoms with Gasteiger partial charge in [-0.05, 0) is 59.4 Å². The maximum absolute atomic E-state index is 13.0. The van der Waals surface area contributed by atoms with E-state index in [0.29, 0.717) is 5.70 Å². The molecule has 1 amide bonds. The summed E-state index contributed by atoms with van der Waals surface area (Å²) in [5, 5.41) is 8.67. The summed E-state index contributed by atoms with van der Waals surface area (Å²) in [6, 6.07) is 21.0. The molecule has 0 aliphatic rings. The molecule has 4 nitrogen and oxygen atoms in total. The fourth-order valence-corrected chi connectivity index (χ4v) is 5.23. The number of carbonyl (C=O) groups is 1. The van der Waals surface area contributed by atoms with E-state index in [1.54, 1.807) is 11.3 Å².